The molecule has 2 rings (SSSR count). The first kappa shape index (κ1) is 15.4. The molecule has 1 atom stereocenters. The van der Waals surface area contributed by atoms with E-state index in [0.29, 0.717) is 17.4 Å². The summed E-state index contributed by atoms with van der Waals surface area (Å²) in [6.45, 7) is 8.41. The number of hydrogen-bond acceptors (Lipinski definition) is 3. The molecule has 0 spiro atoms. The highest BCUT2D eigenvalue weighted by Gasteiger charge is 2.10. The number of thiazole rings is 1. The third-order valence-corrected chi connectivity index (χ3v) is 5.64. The van der Waals surface area contributed by atoms with E-state index >= 15 is 0 Å². The Kier molecular flexibility index (Phi) is 5.11. The van der Waals surface area contributed by atoms with Gasteiger partial charge in [-0.1, -0.05) is 37.6 Å². The molecule has 0 saturated heterocycles. The molecule has 108 valence electrons. The molecule has 0 radical (unpaired) electrons. The minimum atomic E-state index is -0.896. The predicted octanol–water partition coefficient (Wildman–Crippen LogP) is 4.33. The molecule has 0 amide bonds. The van der Waals surface area contributed by atoms with Crippen LogP contribution in [0.4, 0.5) is 0 Å². The van der Waals surface area contributed by atoms with Crippen LogP contribution in [-0.4, -0.2) is 9.19 Å². The second-order valence-corrected chi connectivity index (χ2v) is 7.84. The monoisotopic (exact) mass is 307 g/mol. The van der Waals surface area contributed by atoms with E-state index in [4.69, 9.17) is 0 Å². The smallest absolute Gasteiger partial charge is 0.0954 e. The molecular formula is C16H21NOS2. The summed E-state index contributed by atoms with van der Waals surface area (Å²) in [5.74, 6) is 1.61. The van der Waals surface area contributed by atoms with Gasteiger partial charge in [0.25, 0.3) is 0 Å². The van der Waals surface area contributed by atoms with Gasteiger partial charge in [0, 0.05) is 27.9 Å². The summed E-state index contributed by atoms with van der Waals surface area (Å²) in [5, 5.41) is 3.17. The molecule has 1 heterocycles. The lowest BCUT2D eigenvalue weighted by Gasteiger charge is -2.06. The maximum absolute atomic E-state index is 12.3. The van der Waals surface area contributed by atoms with E-state index in [9.17, 15) is 4.21 Å². The van der Waals surface area contributed by atoms with Gasteiger partial charge < -0.3 is 0 Å². The number of hydrogen-bond donors (Lipinski definition) is 0. The Bertz CT molecular complexity index is 617. The number of nitrogens with zero attached hydrogens (tertiary/aromatic N) is 1. The van der Waals surface area contributed by atoms with Gasteiger partial charge in [0.15, 0.2) is 0 Å². The van der Waals surface area contributed by atoms with Gasteiger partial charge in [-0.05, 0) is 25.0 Å². The van der Waals surface area contributed by atoms with Crippen LogP contribution in [0.15, 0.2) is 23.6 Å². The minimum absolute atomic E-state index is 0.446. The topological polar surface area (TPSA) is 30.0 Å². The van der Waals surface area contributed by atoms with Gasteiger partial charge in [-0.3, -0.25) is 4.21 Å². The number of rotatable bonds is 5. The summed E-state index contributed by atoms with van der Waals surface area (Å²) < 4.78 is 12.3. The molecular weight excluding hydrogens is 286 g/mol. The van der Waals surface area contributed by atoms with Crippen molar-refractivity contribution in [1.82, 2.24) is 4.98 Å². The van der Waals surface area contributed by atoms with E-state index < -0.39 is 10.8 Å². The second-order valence-electron chi connectivity index (χ2n) is 5.49. The average molecular weight is 307 g/mol. The largest absolute Gasteiger partial charge is 0.259 e. The fraction of sp³-hybridized carbons (Fsp3) is 0.438. The lowest BCUT2D eigenvalue weighted by atomic mass is 10.1. The molecule has 0 aliphatic carbocycles. The van der Waals surface area contributed by atoms with Gasteiger partial charge >= 0.3 is 0 Å². The van der Waals surface area contributed by atoms with Crippen molar-refractivity contribution in [1.29, 1.82) is 0 Å². The third-order valence-electron chi connectivity index (χ3n) is 3.19. The Morgan fingerprint density at radius 1 is 1.25 bits per heavy atom. The standard InChI is InChI=1S/C16H21NOS2/c1-11(2)16-17-15(8-19-16)10-20(18)9-14-7-12(3)5-6-13(14)4/h5-8,11H,9-10H2,1-4H3/t20-/m0/s1. The van der Waals surface area contributed by atoms with Gasteiger partial charge in [-0.25, -0.2) is 4.98 Å². The van der Waals surface area contributed by atoms with Gasteiger partial charge in [0.05, 0.1) is 16.5 Å². The first-order valence-electron chi connectivity index (χ1n) is 6.81. The van der Waals surface area contributed by atoms with Crippen molar-refractivity contribution in [2.75, 3.05) is 0 Å². The first-order valence-corrected chi connectivity index (χ1v) is 9.18. The molecule has 4 heteroatoms. The van der Waals surface area contributed by atoms with E-state index in [1.807, 2.05) is 5.38 Å². The lowest BCUT2D eigenvalue weighted by molar-refractivity contribution is 0.681. The van der Waals surface area contributed by atoms with Crippen LogP contribution in [0.1, 0.15) is 47.2 Å². The molecule has 0 saturated carbocycles. The molecule has 0 bridgehead atoms. The normalized spacial score (nSPS) is 12.8. The van der Waals surface area contributed by atoms with Gasteiger partial charge in [-0.2, -0.15) is 0 Å². The summed E-state index contributed by atoms with van der Waals surface area (Å²) in [7, 11) is -0.896. The highest BCUT2D eigenvalue weighted by Crippen LogP contribution is 2.21. The summed E-state index contributed by atoms with van der Waals surface area (Å²) in [6, 6.07) is 6.33. The van der Waals surface area contributed by atoms with Gasteiger partial charge in [0.1, 0.15) is 0 Å². The Morgan fingerprint density at radius 3 is 2.65 bits per heavy atom. The van der Waals surface area contributed by atoms with Crippen molar-refractivity contribution in [2.45, 2.75) is 45.1 Å². The molecule has 0 aliphatic rings. The van der Waals surface area contributed by atoms with E-state index in [2.05, 4.69) is 50.9 Å². The van der Waals surface area contributed by atoms with E-state index in [0.717, 1.165) is 10.7 Å². The van der Waals surface area contributed by atoms with Gasteiger partial charge in [-0.15, -0.1) is 11.3 Å². The highest BCUT2D eigenvalue weighted by atomic mass is 32.2. The van der Waals surface area contributed by atoms with Crippen molar-refractivity contribution >= 4 is 22.1 Å². The molecule has 0 N–H and O–H groups in total. The Morgan fingerprint density at radius 2 is 2.00 bits per heavy atom. The average Bonchev–Trinajstić information content (AvgIpc) is 2.82. The van der Waals surface area contributed by atoms with Crippen LogP contribution >= 0.6 is 11.3 Å². The summed E-state index contributed by atoms with van der Waals surface area (Å²) >= 11 is 1.67. The Labute approximate surface area is 127 Å². The molecule has 0 aliphatic heterocycles. The number of benzene rings is 1. The second kappa shape index (κ2) is 6.64. The number of aromatic nitrogens is 1. The van der Waals surface area contributed by atoms with E-state index in [1.54, 1.807) is 11.3 Å². The molecule has 0 fully saturated rings. The van der Waals surface area contributed by atoms with Crippen LogP contribution in [0, 0.1) is 13.8 Å². The van der Waals surface area contributed by atoms with Crippen LogP contribution in [0.25, 0.3) is 0 Å². The van der Waals surface area contributed by atoms with Crippen molar-refractivity contribution < 1.29 is 4.21 Å². The maximum atomic E-state index is 12.3. The van der Waals surface area contributed by atoms with Crippen LogP contribution in [0.5, 0.6) is 0 Å². The quantitative estimate of drug-likeness (QED) is 0.823. The molecule has 2 nitrogen and oxygen atoms in total. The fourth-order valence-electron chi connectivity index (χ4n) is 2.00. The summed E-state index contributed by atoms with van der Waals surface area (Å²) in [4.78, 5) is 4.56. The molecule has 20 heavy (non-hydrogen) atoms. The highest BCUT2D eigenvalue weighted by molar-refractivity contribution is 7.83. The maximum Gasteiger partial charge on any atom is 0.0954 e. The predicted molar refractivity (Wildman–Crippen MR) is 87.7 cm³/mol. The van der Waals surface area contributed by atoms with Gasteiger partial charge in [0.2, 0.25) is 0 Å². The zero-order valence-electron chi connectivity index (χ0n) is 12.5. The zero-order chi connectivity index (χ0) is 14.7. The van der Waals surface area contributed by atoms with Crippen molar-refractivity contribution in [3.63, 3.8) is 0 Å². The fourth-order valence-corrected chi connectivity index (χ4v) is 4.18. The Balaban J connectivity index is 2.03. The van der Waals surface area contributed by atoms with Crippen molar-refractivity contribution in [3.8, 4) is 0 Å². The van der Waals surface area contributed by atoms with Crippen molar-refractivity contribution in [2.24, 2.45) is 0 Å². The SMILES string of the molecule is Cc1ccc(C)c(C[S@](=O)Cc2csc(C(C)C)n2)c1. The van der Waals surface area contributed by atoms with Crippen LogP contribution in [-0.2, 0) is 22.3 Å². The van der Waals surface area contributed by atoms with Crippen LogP contribution in [0.3, 0.4) is 0 Å². The Hall–Kier alpha value is -1.00. The van der Waals surface area contributed by atoms with Crippen molar-refractivity contribution in [3.05, 3.63) is 51.0 Å². The van der Waals surface area contributed by atoms with E-state index in [-0.39, 0.29) is 0 Å². The lowest BCUT2D eigenvalue weighted by Crippen LogP contribution is -2.02. The third kappa shape index (κ3) is 4.00. The molecule has 2 aromatic rings. The molecule has 1 aromatic carbocycles. The van der Waals surface area contributed by atoms with Crippen LogP contribution < -0.4 is 0 Å². The summed E-state index contributed by atoms with van der Waals surface area (Å²) in [6.07, 6.45) is 0. The summed E-state index contributed by atoms with van der Waals surface area (Å²) in [5.41, 5.74) is 4.58. The minimum Gasteiger partial charge on any atom is -0.259 e. The zero-order valence-corrected chi connectivity index (χ0v) is 14.1. The van der Waals surface area contributed by atoms with Crippen LogP contribution in [0.2, 0.25) is 0 Å². The molecule has 1 aromatic heterocycles. The van der Waals surface area contributed by atoms with E-state index in [1.165, 1.54) is 16.7 Å². The molecule has 0 unspecified atom stereocenters. The number of aryl methyl sites for hydroxylation is 2. The first-order chi connectivity index (χ1) is 9.45.